The van der Waals surface area contributed by atoms with E-state index in [4.69, 9.17) is 19.9 Å². The smallest absolute Gasteiger partial charge is 0.249 e. The summed E-state index contributed by atoms with van der Waals surface area (Å²) in [7, 11) is 0. The van der Waals surface area contributed by atoms with Crippen LogP contribution < -0.4 is 25.4 Å². The molecule has 2 aromatic heterocycles. The maximum Gasteiger partial charge on any atom is 0.249 e. The number of ether oxygens (including phenoxy) is 3. The van der Waals surface area contributed by atoms with Gasteiger partial charge in [-0.15, -0.1) is 0 Å². The van der Waals surface area contributed by atoms with E-state index in [9.17, 15) is 4.79 Å². The molecule has 32 heavy (non-hydrogen) atoms. The number of nitrogen functional groups attached to an aromatic ring is 1. The molecule has 0 aromatic carbocycles. The van der Waals surface area contributed by atoms with Gasteiger partial charge < -0.3 is 30.2 Å². The number of nitrogens with zero attached hydrogens (tertiary/aromatic N) is 5. The van der Waals surface area contributed by atoms with E-state index in [1.165, 1.54) is 12.1 Å². The summed E-state index contributed by atoms with van der Waals surface area (Å²) >= 11 is 1.16. The van der Waals surface area contributed by atoms with E-state index < -0.39 is 0 Å². The normalized spacial score (nSPS) is 13.9. The Morgan fingerprint density at radius 1 is 1.19 bits per heavy atom. The molecule has 1 aliphatic rings. The molecule has 0 saturated carbocycles. The summed E-state index contributed by atoms with van der Waals surface area (Å²) in [5.41, 5.74) is 5.93. The van der Waals surface area contributed by atoms with Gasteiger partial charge in [-0.3, -0.25) is 4.79 Å². The quantitative estimate of drug-likeness (QED) is 0.419. The van der Waals surface area contributed by atoms with Crippen molar-refractivity contribution in [3.63, 3.8) is 0 Å². The molecule has 11 nitrogen and oxygen atoms in total. The minimum Gasteiger partial charge on any atom is -0.477 e. The van der Waals surface area contributed by atoms with Gasteiger partial charge in [0.1, 0.15) is 16.5 Å². The van der Waals surface area contributed by atoms with Gasteiger partial charge in [0.25, 0.3) is 0 Å². The summed E-state index contributed by atoms with van der Waals surface area (Å²) < 4.78 is 17.0. The van der Waals surface area contributed by atoms with E-state index >= 15 is 0 Å². The lowest BCUT2D eigenvalue weighted by atomic mass is 10.4. The van der Waals surface area contributed by atoms with Crippen molar-refractivity contribution in [1.82, 2.24) is 19.9 Å². The van der Waals surface area contributed by atoms with Gasteiger partial charge in [-0.2, -0.15) is 9.97 Å². The van der Waals surface area contributed by atoms with Crippen molar-refractivity contribution in [3.05, 3.63) is 18.2 Å². The average Bonchev–Trinajstić information content (AvgIpc) is 2.76. The molecule has 0 atom stereocenters. The molecule has 0 bridgehead atoms. The molecule has 1 saturated heterocycles. The van der Waals surface area contributed by atoms with Gasteiger partial charge in [0.15, 0.2) is 5.16 Å². The Balaban J connectivity index is 1.96. The van der Waals surface area contributed by atoms with Crippen molar-refractivity contribution < 1.29 is 19.0 Å². The number of hydrogen-bond donors (Lipinski definition) is 2. The molecule has 0 radical (unpaired) electrons. The number of carbonyl (C=O) groups excluding carboxylic acids is 1. The van der Waals surface area contributed by atoms with Crippen LogP contribution in [0.3, 0.4) is 0 Å². The SMILES string of the molecule is C/C=C/C(=O)Nc1cc(N)nc(Sc2c(OCC)nc(N3CCOCC3)nc2OCC)n1. The number of rotatable bonds is 9. The van der Waals surface area contributed by atoms with E-state index in [0.717, 1.165) is 11.8 Å². The van der Waals surface area contributed by atoms with Gasteiger partial charge in [0.2, 0.25) is 23.6 Å². The molecular formula is C20H27N7O4S. The average molecular weight is 462 g/mol. The highest BCUT2D eigenvalue weighted by atomic mass is 32.2. The summed E-state index contributed by atoms with van der Waals surface area (Å²) in [5.74, 6) is 1.41. The molecule has 1 fully saturated rings. The third-order valence-corrected chi connectivity index (χ3v) is 5.05. The van der Waals surface area contributed by atoms with Crippen molar-refractivity contribution in [3.8, 4) is 11.8 Å². The van der Waals surface area contributed by atoms with Gasteiger partial charge in [0.05, 0.1) is 26.4 Å². The first-order valence-corrected chi connectivity index (χ1v) is 11.1. The fourth-order valence-corrected chi connectivity index (χ4v) is 3.69. The largest absolute Gasteiger partial charge is 0.477 e. The molecule has 12 heteroatoms. The van der Waals surface area contributed by atoms with Gasteiger partial charge >= 0.3 is 0 Å². The van der Waals surface area contributed by atoms with Gasteiger partial charge in [-0.25, -0.2) is 9.97 Å². The van der Waals surface area contributed by atoms with Crippen LogP contribution in [0.2, 0.25) is 0 Å². The summed E-state index contributed by atoms with van der Waals surface area (Å²) in [6.07, 6.45) is 3.02. The lowest BCUT2D eigenvalue weighted by molar-refractivity contribution is -0.111. The lowest BCUT2D eigenvalue weighted by Gasteiger charge is -2.27. The Morgan fingerprint density at radius 2 is 1.84 bits per heavy atom. The molecule has 0 unspecified atom stereocenters. The van der Waals surface area contributed by atoms with Crippen LogP contribution in [0.1, 0.15) is 20.8 Å². The number of amides is 1. The zero-order chi connectivity index (χ0) is 22.9. The number of anilines is 3. The molecule has 1 aliphatic heterocycles. The minimum absolute atomic E-state index is 0.208. The maximum atomic E-state index is 11.9. The minimum atomic E-state index is -0.315. The van der Waals surface area contributed by atoms with Crippen LogP contribution in [0, 0.1) is 0 Å². The molecule has 1 amide bonds. The molecule has 0 aliphatic carbocycles. The van der Waals surface area contributed by atoms with E-state index in [0.29, 0.717) is 67.3 Å². The summed E-state index contributed by atoms with van der Waals surface area (Å²) in [6.45, 7) is 8.87. The Morgan fingerprint density at radius 3 is 2.44 bits per heavy atom. The number of hydrogen-bond acceptors (Lipinski definition) is 11. The van der Waals surface area contributed by atoms with Crippen molar-refractivity contribution in [2.45, 2.75) is 30.8 Å². The first-order chi connectivity index (χ1) is 15.5. The van der Waals surface area contributed by atoms with Crippen LogP contribution in [-0.4, -0.2) is 65.4 Å². The second kappa shape index (κ2) is 11.5. The van der Waals surface area contributed by atoms with Gasteiger partial charge in [0, 0.05) is 19.2 Å². The van der Waals surface area contributed by atoms with Crippen LogP contribution in [0.5, 0.6) is 11.8 Å². The van der Waals surface area contributed by atoms with Crippen molar-refractivity contribution in [1.29, 1.82) is 0 Å². The Bertz CT molecular complexity index is 940. The molecule has 2 aromatic rings. The summed E-state index contributed by atoms with van der Waals surface area (Å²) in [6, 6.07) is 1.48. The predicted octanol–water partition coefficient (Wildman–Crippen LogP) is 2.15. The number of allylic oxidation sites excluding steroid dienone is 1. The third-order valence-electron chi connectivity index (χ3n) is 4.14. The van der Waals surface area contributed by atoms with E-state index in [-0.39, 0.29) is 17.5 Å². The topological polar surface area (TPSA) is 138 Å². The van der Waals surface area contributed by atoms with E-state index in [1.807, 2.05) is 18.7 Å². The van der Waals surface area contributed by atoms with Crippen LogP contribution >= 0.6 is 11.8 Å². The van der Waals surface area contributed by atoms with Gasteiger partial charge in [-0.1, -0.05) is 6.08 Å². The zero-order valence-corrected chi connectivity index (χ0v) is 19.1. The second-order valence-corrected chi connectivity index (χ2v) is 7.46. The fraction of sp³-hybridized carbons (Fsp3) is 0.450. The number of nitrogens with two attached hydrogens (primary N) is 1. The first-order valence-electron chi connectivity index (χ1n) is 10.3. The lowest BCUT2D eigenvalue weighted by Crippen LogP contribution is -2.37. The first kappa shape index (κ1) is 23.5. The number of morpholine rings is 1. The Kier molecular flexibility index (Phi) is 8.45. The highest BCUT2D eigenvalue weighted by Crippen LogP contribution is 2.40. The molecular weight excluding hydrogens is 434 g/mol. The second-order valence-electron chi connectivity index (χ2n) is 6.48. The van der Waals surface area contributed by atoms with Crippen LogP contribution in [-0.2, 0) is 9.53 Å². The fourth-order valence-electron chi connectivity index (χ4n) is 2.82. The molecule has 172 valence electrons. The van der Waals surface area contributed by atoms with E-state index in [1.54, 1.807) is 13.0 Å². The number of carbonyl (C=O) groups is 1. The summed E-state index contributed by atoms with van der Waals surface area (Å²) in [5, 5.41) is 2.96. The van der Waals surface area contributed by atoms with Crippen molar-refractivity contribution >= 4 is 35.3 Å². The predicted molar refractivity (Wildman–Crippen MR) is 121 cm³/mol. The standard InChI is InChI=1S/C20H27N7O4S/c1-4-7-15(28)23-14-12-13(21)22-20(24-14)32-16-17(30-5-2)25-19(26-18(16)31-6-3)27-8-10-29-11-9-27/h4,7,12H,5-6,8-11H2,1-3H3,(H3,21,22,23,24,28)/b7-4+. The highest BCUT2D eigenvalue weighted by molar-refractivity contribution is 7.99. The van der Waals surface area contributed by atoms with Crippen LogP contribution in [0.15, 0.2) is 28.3 Å². The Hall–Kier alpha value is -3.12. The molecule has 0 spiro atoms. The molecule has 3 N–H and O–H groups in total. The maximum absolute atomic E-state index is 11.9. The van der Waals surface area contributed by atoms with E-state index in [2.05, 4.69) is 25.3 Å². The summed E-state index contributed by atoms with van der Waals surface area (Å²) in [4.78, 5) is 32.3. The number of aromatic nitrogens is 4. The monoisotopic (exact) mass is 461 g/mol. The number of nitrogens with one attached hydrogen (secondary N) is 1. The zero-order valence-electron chi connectivity index (χ0n) is 18.3. The molecule has 3 rings (SSSR count). The van der Waals surface area contributed by atoms with Crippen LogP contribution in [0.25, 0.3) is 0 Å². The van der Waals surface area contributed by atoms with Crippen molar-refractivity contribution in [2.75, 3.05) is 55.5 Å². The Labute approximate surface area is 190 Å². The third kappa shape index (κ3) is 6.20. The van der Waals surface area contributed by atoms with Crippen LogP contribution in [0.4, 0.5) is 17.6 Å². The highest BCUT2D eigenvalue weighted by Gasteiger charge is 2.23. The van der Waals surface area contributed by atoms with Crippen molar-refractivity contribution in [2.24, 2.45) is 0 Å². The molecule has 3 heterocycles. The van der Waals surface area contributed by atoms with Gasteiger partial charge in [-0.05, 0) is 38.6 Å².